The predicted octanol–water partition coefficient (Wildman–Crippen LogP) is 7.55. The van der Waals surface area contributed by atoms with Crippen LogP contribution in [-0.2, 0) is 19.9 Å². The molecule has 0 radical (unpaired) electrons. The number of esters is 1. The lowest BCUT2D eigenvalue weighted by atomic mass is 9.76. The minimum Gasteiger partial charge on any atom is -0.451 e. The molecule has 1 N–H and O–H groups in total. The van der Waals surface area contributed by atoms with Crippen molar-refractivity contribution in [3.05, 3.63) is 179 Å². The number of thioether (sulfide) groups is 1. The molecule has 4 atom stereocenters. The zero-order chi connectivity index (χ0) is 32.4. The first-order valence-electron chi connectivity index (χ1n) is 15.8. The van der Waals surface area contributed by atoms with E-state index in [1.54, 1.807) is 16.7 Å². The maximum atomic E-state index is 14.4. The van der Waals surface area contributed by atoms with Crippen LogP contribution >= 0.6 is 23.4 Å². The van der Waals surface area contributed by atoms with Crippen molar-refractivity contribution in [3.8, 4) is 0 Å². The minimum atomic E-state index is -1.02. The topological polar surface area (TPSA) is 58.6 Å². The van der Waals surface area contributed by atoms with Gasteiger partial charge in [0.25, 0.3) is 0 Å². The third-order valence-electron chi connectivity index (χ3n) is 9.12. The summed E-state index contributed by atoms with van der Waals surface area (Å²) in [5.74, 6) is -0.228. The SMILES string of the molecule is C[C@@]1(Cl)CS[C@H]2[C@H](NC(c3ccccc3)(c3ccccc3)c3ccccc3)C(=O)N2[C@H]1C(=O)OC(c1ccccc1)c1ccccc1. The van der Waals surface area contributed by atoms with Gasteiger partial charge in [-0.05, 0) is 34.7 Å². The lowest BCUT2D eigenvalue weighted by Gasteiger charge is -2.58. The van der Waals surface area contributed by atoms with Crippen LogP contribution in [0.4, 0.5) is 0 Å². The molecular weight excluding hydrogens is 624 g/mol. The molecule has 7 rings (SSSR count). The Balaban J connectivity index is 1.24. The number of carbonyl (C=O) groups excluding carboxylic acids is 2. The number of hydrogen-bond acceptors (Lipinski definition) is 5. The number of rotatable bonds is 9. The summed E-state index contributed by atoms with van der Waals surface area (Å²) in [6, 6.07) is 48.4. The van der Waals surface area contributed by atoms with Crippen molar-refractivity contribution in [2.45, 2.75) is 40.9 Å². The number of alkyl halides is 1. The summed E-state index contributed by atoms with van der Waals surface area (Å²) >= 11 is 8.69. The molecule has 5 aromatic carbocycles. The van der Waals surface area contributed by atoms with Gasteiger partial charge in [-0.1, -0.05) is 152 Å². The fourth-order valence-corrected chi connectivity index (χ4v) is 8.66. The maximum Gasteiger partial charge on any atom is 0.331 e. The Kier molecular flexibility index (Phi) is 8.67. The van der Waals surface area contributed by atoms with Gasteiger partial charge in [0.05, 0.1) is 10.4 Å². The monoisotopic (exact) mass is 658 g/mol. The Labute approximate surface area is 284 Å². The van der Waals surface area contributed by atoms with E-state index in [0.717, 1.165) is 27.8 Å². The quantitative estimate of drug-likeness (QED) is 0.0767. The average Bonchev–Trinajstić information content (AvgIpc) is 3.12. The molecule has 2 aliphatic rings. The predicted molar refractivity (Wildman–Crippen MR) is 188 cm³/mol. The van der Waals surface area contributed by atoms with Gasteiger partial charge in [-0.3, -0.25) is 10.1 Å². The Bertz CT molecular complexity index is 1690. The molecule has 7 heteroatoms. The van der Waals surface area contributed by atoms with Crippen molar-refractivity contribution in [2.24, 2.45) is 0 Å². The highest BCUT2D eigenvalue weighted by Gasteiger charge is 2.62. The molecule has 47 heavy (non-hydrogen) atoms. The molecule has 2 aliphatic heterocycles. The Morgan fingerprint density at radius 3 is 1.60 bits per heavy atom. The molecule has 0 aliphatic carbocycles. The number of benzene rings is 5. The van der Waals surface area contributed by atoms with E-state index in [0.29, 0.717) is 5.75 Å². The van der Waals surface area contributed by atoms with E-state index in [-0.39, 0.29) is 11.3 Å². The third kappa shape index (κ3) is 5.75. The van der Waals surface area contributed by atoms with E-state index in [1.807, 2.05) is 122 Å². The van der Waals surface area contributed by atoms with Gasteiger partial charge < -0.3 is 9.64 Å². The summed E-state index contributed by atoms with van der Waals surface area (Å²) < 4.78 is 6.30. The molecule has 2 fully saturated rings. The van der Waals surface area contributed by atoms with Gasteiger partial charge in [0.2, 0.25) is 5.91 Å². The van der Waals surface area contributed by atoms with E-state index in [1.165, 1.54) is 0 Å². The maximum absolute atomic E-state index is 14.4. The first kappa shape index (κ1) is 31.3. The van der Waals surface area contributed by atoms with Crippen LogP contribution in [0.2, 0.25) is 0 Å². The summed E-state index contributed by atoms with van der Waals surface area (Å²) in [4.78, 5) is 29.2. The van der Waals surface area contributed by atoms with E-state index in [2.05, 4.69) is 41.7 Å². The number of fused-ring (bicyclic) bond motifs is 1. The zero-order valence-electron chi connectivity index (χ0n) is 25.9. The highest BCUT2D eigenvalue weighted by Crippen LogP contribution is 2.48. The number of hydrogen-bond donors (Lipinski definition) is 1. The number of carbonyl (C=O) groups is 2. The summed E-state index contributed by atoms with van der Waals surface area (Å²) in [6.45, 7) is 1.82. The van der Waals surface area contributed by atoms with Crippen LogP contribution in [0, 0.1) is 0 Å². The second kappa shape index (κ2) is 13.0. The Hall–Kier alpha value is -4.36. The number of ether oxygens (including phenoxy) is 1. The number of amides is 1. The minimum absolute atomic E-state index is 0.181. The first-order chi connectivity index (χ1) is 22.9. The van der Waals surface area contributed by atoms with Crippen molar-refractivity contribution in [1.82, 2.24) is 10.2 Å². The first-order valence-corrected chi connectivity index (χ1v) is 17.2. The molecule has 2 heterocycles. The second-order valence-electron chi connectivity index (χ2n) is 12.2. The van der Waals surface area contributed by atoms with E-state index in [4.69, 9.17) is 16.3 Å². The zero-order valence-corrected chi connectivity index (χ0v) is 27.5. The third-order valence-corrected chi connectivity index (χ3v) is 11.2. The highest BCUT2D eigenvalue weighted by atomic mass is 35.5. The summed E-state index contributed by atoms with van der Waals surface area (Å²) in [5, 5.41) is 3.51. The van der Waals surface area contributed by atoms with Crippen LogP contribution in [-0.4, -0.2) is 44.9 Å². The number of nitrogens with zero attached hydrogens (tertiary/aromatic N) is 1. The van der Waals surface area contributed by atoms with Gasteiger partial charge in [0.1, 0.15) is 11.4 Å². The molecule has 0 saturated carbocycles. The second-order valence-corrected chi connectivity index (χ2v) is 14.2. The normalized spacial score (nSPS) is 22.3. The van der Waals surface area contributed by atoms with E-state index < -0.39 is 34.6 Å². The van der Waals surface area contributed by atoms with Crippen LogP contribution in [0.15, 0.2) is 152 Å². The number of β-lactam (4-membered cyclic amide) rings is 1. The standard InChI is InChI=1S/C40H35ClN2O3S/c1-39(41)27-47-37-33(42-40(30-21-11-4-12-22-30,31-23-13-5-14-24-31)32-25-15-6-16-26-32)36(44)43(37)35(39)38(45)46-34(28-17-7-2-8-18-28)29-19-9-3-10-20-29/h2-26,33-35,37,42H,27H2,1H3/t33-,35+,37+,39-/m1/s1. The van der Waals surface area contributed by atoms with Gasteiger partial charge in [-0.25, -0.2) is 4.79 Å². The smallest absolute Gasteiger partial charge is 0.331 e. The largest absolute Gasteiger partial charge is 0.451 e. The van der Waals surface area contributed by atoms with Crippen molar-refractivity contribution in [1.29, 1.82) is 0 Å². The molecular formula is C40H35ClN2O3S. The van der Waals surface area contributed by atoms with Crippen molar-refractivity contribution in [3.63, 3.8) is 0 Å². The molecule has 1 amide bonds. The van der Waals surface area contributed by atoms with E-state index in [9.17, 15) is 9.59 Å². The molecule has 236 valence electrons. The van der Waals surface area contributed by atoms with Crippen LogP contribution in [0.5, 0.6) is 0 Å². The summed E-state index contributed by atoms with van der Waals surface area (Å²) in [5.41, 5.74) is 3.89. The lowest BCUT2D eigenvalue weighted by Crippen LogP contribution is -2.79. The molecule has 2 saturated heterocycles. The fraction of sp³-hybridized carbons (Fsp3) is 0.200. The summed E-state index contributed by atoms with van der Waals surface area (Å²) in [6.07, 6.45) is -0.641. The van der Waals surface area contributed by atoms with Gasteiger partial charge >= 0.3 is 5.97 Å². The van der Waals surface area contributed by atoms with Crippen LogP contribution in [0.25, 0.3) is 0 Å². The Morgan fingerprint density at radius 1 is 0.766 bits per heavy atom. The van der Waals surface area contributed by atoms with Gasteiger partial charge in [0.15, 0.2) is 12.1 Å². The fourth-order valence-electron chi connectivity index (χ4n) is 6.86. The number of nitrogens with one attached hydrogen (secondary N) is 1. The van der Waals surface area contributed by atoms with Gasteiger partial charge in [-0.2, -0.15) is 0 Å². The van der Waals surface area contributed by atoms with E-state index >= 15 is 0 Å². The summed E-state index contributed by atoms with van der Waals surface area (Å²) in [7, 11) is 0. The molecule has 5 aromatic rings. The van der Waals surface area contributed by atoms with Crippen molar-refractivity contribution in [2.75, 3.05) is 5.75 Å². The molecule has 0 unspecified atom stereocenters. The average molecular weight is 659 g/mol. The molecule has 0 aromatic heterocycles. The molecule has 0 spiro atoms. The molecule has 0 bridgehead atoms. The Morgan fingerprint density at radius 2 is 1.17 bits per heavy atom. The highest BCUT2D eigenvalue weighted by molar-refractivity contribution is 8.00. The van der Waals surface area contributed by atoms with Crippen LogP contribution in [0.1, 0.15) is 40.8 Å². The van der Waals surface area contributed by atoms with Gasteiger partial charge in [-0.15, -0.1) is 23.4 Å². The van der Waals surface area contributed by atoms with Crippen LogP contribution in [0.3, 0.4) is 0 Å². The van der Waals surface area contributed by atoms with Crippen molar-refractivity contribution >= 4 is 35.2 Å². The molecule has 5 nitrogen and oxygen atoms in total. The van der Waals surface area contributed by atoms with Crippen molar-refractivity contribution < 1.29 is 14.3 Å². The van der Waals surface area contributed by atoms with Gasteiger partial charge in [0, 0.05) is 5.75 Å². The number of halogens is 1. The lowest BCUT2D eigenvalue weighted by molar-refractivity contribution is -0.169. The van der Waals surface area contributed by atoms with Crippen LogP contribution < -0.4 is 5.32 Å².